The smallest absolute Gasteiger partial charge is 0.0920 e. The van der Waals surface area contributed by atoms with Gasteiger partial charge in [-0.1, -0.05) is 27.7 Å². The fraction of sp³-hybridized carbons (Fsp3) is 1.00. The van der Waals surface area contributed by atoms with Gasteiger partial charge < -0.3 is 0 Å². The van der Waals surface area contributed by atoms with Crippen LogP contribution in [-0.4, -0.2) is 6.67 Å². The second-order valence-corrected chi connectivity index (χ2v) is 4.23. The highest BCUT2D eigenvalue weighted by Gasteiger charge is 2.09. The maximum atomic E-state index is 12.1. The molecule has 0 aromatic heterocycles. The van der Waals surface area contributed by atoms with E-state index in [-0.39, 0.29) is 12.6 Å². The topological polar surface area (TPSA) is 0 Å². The van der Waals surface area contributed by atoms with Gasteiger partial charge in [0.15, 0.2) is 0 Å². The third-order valence-electron chi connectivity index (χ3n) is 1.94. The minimum absolute atomic E-state index is 0.164. The summed E-state index contributed by atoms with van der Waals surface area (Å²) in [5, 5.41) is 0. The lowest BCUT2D eigenvalue weighted by molar-refractivity contribution is 0.300. The van der Waals surface area contributed by atoms with Crippen molar-refractivity contribution in [1.82, 2.24) is 0 Å². The molecule has 0 aliphatic heterocycles. The molecule has 0 aliphatic carbocycles. The molecule has 2 unspecified atom stereocenters. The Labute approximate surface area is 70.2 Å². The minimum Gasteiger partial charge on any atom is -0.251 e. The van der Waals surface area contributed by atoms with Gasteiger partial charge in [0.25, 0.3) is 0 Å². The first-order valence-electron chi connectivity index (χ1n) is 4.62. The van der Waals surface area contributed by atoms with E-state index in [1.54, 1.807) is 0 Å². The molecule has 0 aromatic rings. The van der Waals surface area contributed by atoms with E-state index in [0.717, 1.165) is 12.3 Å². The average molecular weight is 160 g/mol. The first-order chi connectivity index (χ1) is 5.06. The summed E-state index contributed by atoms with van der Waals surface area (Å²) in [6, 6.07) is 0. The molecule has 0 saturated carbocycles. The molecule has 0 heterocycles. The molecule has 0 nitrogen and oxygen atoms in total. The Kier molecular flexibility index (Phi) is 5.53. The zero-order chi connectivity index (χ0) is 8.85. The van der Waals surface area contributed by atoms with E-state index in [4.69, 9.17) is 0 Å². The SMILES string of the molecule is CC(C)CC(C)CC(C)CF. The van der Waals surface area contributed by atoms with Crippen molar-refractivity contribution in [2.45, 2.75) is 40.5 Å². The summed E-state index contributed by atoms with van der Waals surface area (Å²) >= 11 is 0. The van der Waals surface area contributed by atoms with E-state index in [9.17, 15) is 4.39 Å². The van der Waals surface area contributed by atoms with Gasteiger partial charge in [0, 0.05) is 0 Å². The van der Waals surface area contributed by atoms with Crippen LogP contribution in [0, 0.1) is 17.8 Å². The van der Waals surface area contributed by atoms with Crippen molar-refractivity contribution < 1.29 is 4.39 Å². The van der Waals surface area contributed by atoms with Crippen LogP contribution in [0.2, 0.25) is 0 Å². The first-order valence-corrected chi connectivity index (χ1v) is 4.62. The summed E-state index contributed by atoms with van der Waals surface area (Å²) in [5.74, 6) is 1.68. The zero-order valence-electron chi connectivity index (χ0n) is 8.23. The molecule has 0 N–H and O–H groups in total. The quantitative estimate of drug-likeness (QED) is 0.575. The molecule has 0 radical (unpaired) electrons. The van der Waals surface area contributed by atoms with Gasteiger partial charge in [0.2, 0.25) is 0 Å². The van der Waals surface area contributed by atoms with E-state index in [1.165, 1.54) is 6.42 Å². The Balaban J connectivity index is 3.43. The highest BCUT2D eigenvalue weighted by Crippen LogP contribution is 2.19. The standard InChI is InChI=1S/C10H21F/c1-8(2)5-9(3)6-10(4)7-11/h8-10H,5-7H2,1-4H3. The van der Waals surface area contributed by atoms with Gasteiger partial charge in [0.05, 0.1) is 6.67 Å². The normalized spacial score (nSPS) is 16.9. The molecule has 0 amide bonds. The van der Waals surface area contributed by atoms with Crippen LogP contribution in [-0.2, 0) is 0 Å². The number of hydrogen-bond donors (Lipinski definition) is 0. The summed E-state index contributed by atoms with van der Waals surface area (Å²) < 4.78 is 12.1. The third-order valence-corrected chi connectivity index (χ3v) is 1.94. The van der Waals surface area contributed by atoms with Crippen molar-refractivity contribution in [3.05, 3.63) is 0 Å². The van der Waals surface area contributed by atoms with Crippen molar-refractivity contribution in [2.75, 3.05) is 6.67 Å². The van der Waals surface area contributed by atoms with E-state index in [2.05, 4.69) is 20.8 Å². The van der Waals surface area contributed by atoms with Crippen molar-refractivity contribution in [1.29, 1.82) is 0 Å². The van der Waals surface area contributed by atoms with Crippen molar-refractivity contribution in [3.63, 3.8) is 0 Å². The molecule has 68 valence electrons. The lowest BCUT2D eigenvalue weighted by Crippen LogP contribution is -2.07. The highest BCUT2D eigenvalue weighted by atomic mass is 19.1. The molecule has 2 atom stereocenters. The van der Waals surface area contributed by atoms with E-state index in [0.29, 0.717) is 5.92 Å². The summed E-state index contributed by atoms with van der Waals surface area (Å²) in [7, 11) is 0. The molecule has 0 saturated heterocycles. The predicted octanol–water partition coefficient (Wildman–Crippen LogP) is 3.66. The summed E-state index contributed by atoms with van der Waals surface area (Å²) in [6.45, 7) is 8.47. The van der Waals surface area contributed by atoms with Gasteiger partial charge >= 0.3 is 0 Å². The second kappa shape index (κ2) is 5.56. The molecule has 0 bridgehead atoms. The minimum atomic E-state index is -0.164. The lowest BCUT2D eigenvalue weighted by Gasteiger charge is -2.16. The van der Waals surface area contributed by atoms with E-state index >= 15 is 0 Å². The van der Waals surface area contributed by atoms with Crippen LogP contribution < -0.4 is 0 Å². The molecule has 0 aromatic carbocycles. The van der Waals surface area contributed by atoms with E-state index < -0.39 is 0 Å². The Morgan fingerprint density at radius 2 is 1.45 bits per heavy atom. The number of hydrogen-bond acceptors (Lipinski definition) is 0. The monoisotopic (exact) mass is 160 g/mol. The van der Waals surface area contributed by atoms with Crippen LogP contribution in [0.1, 0.15) is 40.5 Å². The van der Waals surface area contributed by atoms with Gasteiger partial charge in [0.1, 0.15) is 0 Å². The summed E-state index contributed by atoms with van der Waals surface area (Å²) in [5.41, 5.74) is 0. The fourth-order valence-electron chi connectivity index (χ4n) is 1.65. The summed E-state index contributed by atoms with van der Waals surface area (Å²) in [6.07, 6.45) is 2.26. The van der Waals surface area contributed by atoms with Gasteiger partial charge in [-0.3, -0.25) is 4.39 Å². The Hall–Kier alpha value is -0.0700. The van der Waals surface area contributed by atoms with Crippen molar-refractivity contribution in [2.24, 2.45) is 17.8 Å². The maximum Gasteiger partial charge on any atom is 0.0920 e. The zero-order valence-corrected chi connectivity index (χ0v) is 8.23. The molecular weight excluding hydrogens is 139 g/mol. The Bertz CT molecular complexity index is 88.9. The molecule has 0 rings (SSSR count). The Morgan fingerprint density at radius 3 is 1.82 bits per heavy atom. The van der Waals surface area contributed by atoms with Crippen LogP contribution in [0.5, 0.6) is 0 Å². The maximum absolute atomic E-state index is 12.1. The van der Waals surface area contributed by atoms with Crippen LogP contribution in [0.4, 0.5) is 4.39 Å². The van der Waals surface area contributed by atoms with Crippen LogP contribution >= 0.6 is 0 Å². The second-order valence-electron chi connectivity index (χ2n) is 4.23. The highest BCUT2D eigenvalue weighted by molar-refractivity contribution is 4.60. The van der Waals surface area contributed by atoms with Crippen LogP contribution in [0.15, 0.2) is 0 Å². The lowest BCUT2D eigenvalue weighted by atomic mass is 9.91. The Morgan fingerprint density at radius 1 is 0.909 bits per heavy atom. The van der Waals surface area contributed by atoms with Crippen LogP contribution in [0.3, 0.4) is 0 Å². The molecule has 0 spiro atoms. The fourth-order valence-corrected chi connectivity index (χ4v) is 1.65. The average Bonchev–Trinajstić information content (AvgIpc) is 1.85. The van der Waals surface area contributed by atoms with E-state index in [1.807, 2.05) is 6.92 Å². The molecule has 11 heavy (non-hydrogen) atoms. The summed E-state index contributed by atoms with van der Waals surface area (Å²) in [4.78, 5) is 0. The molecular formula is C10H21F. The number of halogens is 1. The number of rotatable bonds is 5. The van der Waals surface area contributed by atoms with Gasteiger partial charge in [-0.05, 0) is 30.6 Å². The first kappa shape index (κ1) is 10.9. The largest absolute Gasteiger partial charge is 0.251 e. The van der Waals surface area contributed by atoms with Gasteiger partial charge in [-0.25, -0.2) is 0 Å². The van der Waals surface area contributed by atoms with Crippen molar-refractivity contribution >= 4 is 0 Å². The molecule has 0 aliphatic rings. The van der Waals surface area contributed by atoms with Crippen molar-refractivity contribution in [3.8, 4) is 0 Å². The molecule has 0 fully saturated rings. The van der Waals surface area contributed by atoms with Crippen LogP contribution in [0.25, 0.3) is 0 Å². The number of alkyl halides is 1. The molecule has 1 heteroatoms. The van der Waals surface area contributed by atoms with Gasteiger partial charge in [-0.2, -0.15) is 0 Å². The third kappa shape index (κ3) is 6.33. The predicted molar refractivity (Wildman–Crippen MR) is 48.4 cm³/mol. The van der Waals surface area contributed by atoms with Gasteiger partial charge in [-0.15, -0.1) is 0 Å².